The first-order chi connectivity index (χ1) is 8.71. The summed E-state index contributed by atoms with van der Waals surface area (Å²) in [6.07, 6.45) is 0.775. The number of rotatable bonds is 7. The fourth-order valence-electron chi connectivity index (χ4n) is 1.46. The quantitative estimate of drug-likeness (QED) is 0.738. The molecular weight excluding hydrogens is 234 g/mol. The molecule has 1 rings (SSSR count). The Labute approximate surface area is 107 Å². The molecule has 0 unspecified atom stereocenters. The second-order valence-electron chi connectivity index (χ2n) is 3.62. The Hall–Kier alpha value is -1.75. The first-order valence-corrected chi connectivity index (χ1v) is 5.86. The Morgan fingerprint density at radius 2 is 2.06 bits per heavy atom. The van der Waals surface area contributed by atoms with Crippen molar-refractivity contribution >= 4 is 5.97 Å². The van der Waals surface area contributed by atoms with Gasteiger partial charge in [0.15, 0.2) is 18.1 Å². The molecule has 0 atom stereocenters. The van der Waals surface area contributed by atoms with Gasteiger partial charge in [-0.05, 0) is 37.6 Å². The minimum Gasteiger partial charge on any atom is -0.490 e. The van der Waals surface area contributed by atoms with Gasteiger partial charge in [0.05, 0.1) is 13.7 Å². The fourth-order valence-corrected chi connectivity index (χ4v) is 1.46. The van der Waals surface area contributed by atoms with E-state index in [1.807, 2.05) is 19.1 Å². The molecule has 0 aliphatic rings. The molecule has 0 saturated heterocycles. The van der Waals surface area contributed by atoms with Crippen LogP contribution in [-0.2, 0) is 16.0 Å². The molecule has 0 bridgehead atoms. The van der Waals surface area contributed by atoms with E-state index in [-0.39, 0.29) is 6.61 Å². The maximum absolute atomic E-state index is 11.0. The van der Waals surface area contributed by atoms with Crippen LogP contribution in [0.2, 0.25) is 0 Å². The average Bonchev–Trinajstić information content (AvgIpc) is 2.38. The highest BCUT2D eigenvalue weighted by Gasteiger charge is 2.09. The smallest absolute Gasteiger partial charge is 0.343 e. The van der Waals surface area contributed by atoms with Gasteiger partial charge < -0.3 is 19.9 Å². The number of benzene rings is 1. The normalized spacial score (nSPS) is 9.94. The van der Waals surface area contributed by atoms with Crippen LogP contribution in [0.5, 0.6) is 11.5 Å². The molecule has 0 heterocycles. The molecule has 0 saturated carbocycles. The van der Waals surface area contributed by atoms with Gasteiger partial charge in [-0.25, -0.2) is 4.79 Å². The van der Waals surface area contributed by atoms with E-state index >= 15 is 0 Å². The SMILES string of the molecule is CCOc1cc(CCN)ccc1OCC(=O)OC. The van der Waals surface area contributed by atoms with E-state index in [1.54, 1.807) is 6.07 Å². The lowest BCUT2D eigenvalue weighted by atomic mass is 10.1. The second-order valence-corrected chi connectivity index (χ2v) is 3.62. The van der Waals surface area contributed by atoms with Crippen molar-refractivity contribution in [1.29, 1.82) is 0 Å². The standard InChI is InChI=1S/C13H19NO4/c1-3-17-12-8-10(6-7-14)4-5-11(12)18-9-13(15)16-2/h4-5,8H,3,6-7,9,14H2,1-2H3. The van der Waals surface area contributed by atoms with Crippen molar-refractivity contribution in [3.63, 3.8) is 0 Å². The Bertz CT molecular complexity index is 393. The molecule has 0 amide bonds. The topological polar surface area (TPSA) is 70.8 Å². The van der Waals surface area contributed by atoms with E-state index in [9.17, 15) is 4.79 Å². The third-order valence-corrected chi connectivity index (χ3v) is 2.31. The van der Waals surface area contributed by atoms with Crippen molar-refractivity contribution in [2.75, 3.05) is 26.9 Å². The molecule has 1 aromatic carbocycles. The molecule has 1 aromatic rings. The third-order valence-electron chi connectivity index (χ3n) is 2.31. The molecule has 0 fully saturated rings. The molecule has 18 heavy (non-hydrogen) atoms. The zero-order chi connectivity index (χ0) is 13.4. The van der Waals surface area contributed by atoms with Gasteiger partial charge in [0.25, 0.3) is 0 Å². The Balaban J connectivity index is 2.78. The summed E-state index contributed by atoms with van der Waals surface area (Å²) < 4.78 is 15.3. The molecule has 2 N–H and O–H groups in total. The van der Waals surface area contributed by atoms with E-state index < -0.39 is 5.97 Å². The van der Waals surface area contributed by atoms with Crippen LogP contribution in [0.3, 0.4) is 0 Å². The summed E-state index contributed by atoms with van der Waals surface area (Å²) >= 11 is 0. The van der Waals surface area contributed by atoms with Gasteiger partial charge in [0, 0.05) is 0 Å². The predicted octanol–water partition coefficient (Wildman–Crippen LogP) is 1.14. The van der Waals surface area contributed by atoms with Crippen LogP contribution in [0.25, 0.3) is 0 Å². The zero-order valence-electron chi connectivity index (χ0n) is 10.8. The van der Waals surface area contributed by atoms with Gasteiger partial charge in [-0.3, -0.25) is 0 Å². The van der Waals surface area contributed by atoms with E-state index in [0.717, 1.165) is 12.0 Å². The predicted molar refractivity (Wildman–Crippen MR) is 67.9 cm³/mol. The third kappa shape index (κ3) is 4.25. The zero-order valence-corrected chi connectivity index (χ0v) is 10.8. The Kier molecular flexibility index (Phi) is 6.00. The first kappa shape index (κ1) is 14.3. The van der Waals surface area contributed by atoms with Crippen molar-refractivity contribution < 1.29 is 19.0 Å². The number of carbonyl (C=O) groups excluding carboxylic acids is 1. The van der Waals surface area contributed by atoms with Gasteiger partial charge in [0.2, 0.25) is 0 Å². The molecule has 0 spiro atoms. The molecule has 100 valence electrons. The van der Waals surface area contributed by atoms with Crippen molar-refractivity contribution in [2.24, 2.45) is 5.73 Å². The van der Waals surface area contributed by atoms with Crippen LogP contribution in [0.1, 0.15) is 12.5 Å². The minimum atomic E-state index is -0.427. The van der Waals surface area contributed by atoms with Crippen LogP contribution >= 0.6 is 0 Å². The lowest BCUT2D eigenvalue weighted by molar-refractivity contribution is -0.142. The van der Waals surface area contributed by atoms with E-state index in [1.165, 1.54) is 7.11 Å². The van der Waals surface area contributed by atoms with E-state index in [2.05, 4.69) is 4.74 Å². The minimum absolute atomic E-state index is 0.132. The van der Waals surface area contributed by atoms with Crippen molar-refractivity contribution in [2.45, 2.75) is 13.3 Å². The van der Waals surface area contributed by atoms with E-state index in [4.69, 9.17) is 15.2 Å². The molecule has 5 heteroatoms. The average molecular weight is 253 g/mol. The number of hydrogen-bond donors (Lipinski definition) is 1. The monoisotopic (exact) mass is 253 g/mol. The van der Waals surface area contributed by atoms with Gasteiger partial charge in [0.1, 0.15) is 0 Å². The lowest BCUT2D eigenvalue weighted by Crippen LogP contribution is -2.13. The summed E-state index contributed by atoms with van der Waals surface area (Å²) in [7, 11) is 1.32. The van der Waals surface area contributed by atoms with E-state index in [0.29, 0.717) is 24.7 Å². The van der Waals surface area contributed by atoms with Crippen molar-refractivity contribution in [3.8, 4) is 11.5 Å². The van der Waals surface area contributed by atoms with Crippen LogP contribution in [0.15, 0.2) is 18.2 Å². The summed E-state index contributed by atoms with van der Waals surface area (Å²) in [4.78, 5) is 11.0. The molecule has 0 radical (unpaired) electrons. The molecule has 0 aliphatic carbocycles. The van der Waals surface area contributed by atoms with Crippen LogP contribution in [0.4, 0.5) is 0 Å². The highest BCUT2D eigenvalue weighted by molar-refractivity contribution is 5.71. The summed E-state index contributed by atoms with van der Waals surface area (Å²) in [6.45, 7) is 2.86. The second kappa shape index (κ2) is 7.55. The first-order valence-electron chi connectivity index (χ1n) is 5.86. The Morgan fingerprint density at radius 1 is 1.28 bits per heavy atom. The highest BCUT2D eigenvalue weighted by Crippen LogP contribution is 2.28. The number of esters is 1. The number of hydrogen-bond acceptors (Lipinski definition) is 5. The number of ether oxygens (including phenoxy) is 3. The van der Waals surface area contributed by atoms with Crippen LogP contribution in [0, 0.1) is 0 Å². The number of nitrogens with two attached hydrogens (primary N) is 1. The summed E-state index contributed by atoms with van der Waals surface area (Å²) in [5, 5.41) is 0. The van der Waals surface area contributed by atoms with Crippen molar-refractivity contribution in [1.82, 2.24) is 0 Å². The summed E-state index contributed by atoms with van der Waals surface area (Å²) in [6, 6.07) is 5.56. The summed E-state index contributed by atoms with van der Waals surface area (Å²) in [5.41, 5.74) is 6.58. The lowest BCUT2D eigenvalue weighted by Gasteiger charge is -2.12. The molecule has 0 aliphatic heterocycles. The van der Waals surface area contributed by atoms with Gasteiger partial charge in [-0.15, -0.1) is 0 Å². The molecular formula is C13H19NO4. The van der Waals surface area contributed by atoms with Crippen LogP contribution in [-0.4, -0.2) is 32.8 Å². The van der Waals surface area contributed by atoms with Gasteiger partial charge >= 0.3 is 5.97 Å². The molecule has 5 nitrogen and oxygen atoms in total. The number of carbonyl (C=O) groups is 1. The summed E-state index contributed by atoms with van der Waals surface area (Å²) in [5.74, 6) is 0.721. The molecule has 0 aromatic heterocycles. The number of methoxy groups -OCH3 is 1. The largest absolute Gasteiger partial charge is 0.490 e. The van der Waals surface area contributed by atoms with Gasteiger partial charge in [-0.2, -0.15) is 0 Å². The highest BCUT2D eigenvalue weighted by atomic mass is 16.6. The Morgan fingerprint density at radius 3 is 2.67 bits per heavy atom. The fraction of sp³-hybridized carbons (Fsp3) is 0.462. The van der Waals surface area contributed by atoms with Crippen molar-refractivity contribution in [3.05, 3.63) is 23.8 Å². The van der Waals surface area contributed by atoms with Gasteiger partial charge in [-0.1, -0.05) is 6.07 Å². The van der Waals surface area contributed by atoms with Crippen LogP contribution < -0.4 is 15.2 Å². The maximum atomic E-state index is 11.0. The maximum Gasteiger partial charge on any atom is 0.343 e.